The summed E-state index contributed by atoms with van der Waals surface area (Å²) >= 11 is 0. The highest BCUT2D eigenvalue weighted by Crippen LogP contribution is 2.38. The summed E-state index contributed by atoms with van der Waals surface area (Å²) in [6.45, 7) is 9.61. The lowest BCUT2D eigenvalue weighted by atomic mass is 9.79. The Bertz CT molecular complexity index is 816. The summed E-state index contributed by atoms with van der Waals surface area (Å²) in [6.07, 6.45) is 1.04. The molecule has 1 saturated heterocycles. The predicted octanol–water partition coefficient (Wildman–Crippen LogP) is 4.84. The predicted molar refractivity (Wildman–Crippen MR) is 107 cm³/mol. The van der Waals surface area contributed by atoms with Gasteiger partial charge in [0.2, 0.25) is 6.79 Å². The van der Waals surface area contributed by atoms with Crippen LogP contribution in [0.2, 0.25) is 0 Å². The number of ether oxygens (including phenoxy) is 3. The maximum atomic E-state index is 13.4. The summed E-state index contributed by atoms with van der Waals surface area (Å²) in [7, 11) is 0. The minimum absolute atomic E-state index is 0.116. The molecule has 0 aliphatic carbocycles. The number of halogens is 1. The van der Waals surface area contributed by atoms with Crippen molar-refractivity contribution in [1.29, 1.82) is 0 Å². The fourth-order valence-corrected chi connectivity index (χ4v) is 4.13. The van der Waals surface area contributed by atoms with Gasteiger partial charge in [0.1, 0.15) is 11.6 Å². The van der Waals surface area contributed by atoms with Crippen LogP contribution >= 0.6 is 0 Å². The highest BCUT2D eigenvalue weighted by Gasteiger charge is 2.35. The van der Waals surface area contributed by atoms with Crippen LogP contribution in [0.4, 0.5) is 4.39 Å². The van der Waals surface area contributed by atoms with Crippen molar-refractivity contribution in [3.8, 4) is 17.2 Å². The molecule has 0 radical (unpaired) electrons. The molecule has 5 heteroatoms. The van der Waals surface area contributed by atoms with E-state index in [2.05, 4.69) is 25.7 Å². The van der Waals surface area contributed by atoms with Gasteiger partial charge in [0, 0.05) is 24.1 Å². The number of benzene rings is 2. The molecule has 0 saturated carbocycles. The molecule has 150 valence electrons. The lowest BCUT2D eigenvalue weighted by Gasteiger charge is -2.45. The molecular weight excluding hydrogens is 357 g/mol. The van der Waals surface area contributed by atoms with E-state index in [0.29, 0.717) is 18.4 Å². The first-order valence-corrected chi connectivity index (χ1v) is 9.93. The summed E-state index contributed by atoms with van der Waals surface area (Å²) in [6, 6.07) is 12.6. The zero-order chi connectivity index (χ0) is 19.7. The number of fused-ring (bicyclic) bond motifs is 1. The van der Waals surface area contributed by atoms with E-state index in [0.717, 1.165) is 36.8 Å². The zero-order valence-electron chi connectivity index (χ0n) is 16.8. The van der Waals surface area contributed by atoms with Crippen molar-refractivity contribution >= 4 is 0 Å². The van der Waals surface area contributed by atoms with Crippen LogP contribution in [0.1, 0.15) is 38.7 Å². The van der Waals surface area contributed by atoms with Gasteiger partial charge in [-0.1, -0.05) is 12.1 Å². The molecular formula is C23H28FNO3. The van der Waals surface area contributed by atoms with Gasteiger partial charge in [0.25, 0.3) is 0 Å². The second-order valence-electron chi connectivity index (χ2n) is 8.65. The van der Waals surface area contributed by atoms with Crippen molar-refractivity contribution in [3.05, 3.63) is 53.8 Å². The lowest BCUT2D eigenvalue weighted by Crippen LogP contribution is -2.50. The third kappa shape index (κ3) is 4.09. The molecule has 0 spiro atoms. The Morgan fingerprint density at radius 2 is 1.82 bits per heavy atom. The summed E-state index contributed by atoms with van der Waals surface area (Å²) in [5.41, 5.74) is 1.30. The monoisotopic (exact) mass is 385 g/mol. The van der Waals surface area contributed by atoms with Crippen LogP contribution in [0.25, 0.3) is 0 Å². The maximum absolute atomic E-state index is 13.4. The van der Waals surface area contributed by atoms with Crippen molar-refractivity contribution < 1.29 is 18.6 Å². The second-order valence-corrected chi connectivity index (χ2v) is 8.65. The molecule has 0 unspecified atom stereocenters. The van der Waals surface area contributed by atoms with Gasteiger partial charge in [0.15, 0.2) is 11.5 Å². The van der Waals surface area contributed by atoms with E-state index in [1.54, 1.807) is 12.1 Å². The Morgan fingerprint density at radius 3 is 2.57 bits per heavy atom. The topological polar surface area (TPSA) is 30.9 Å². The molecule has 0 bridgehead atoms. The molecule has 0 amide bonds. The van der Waals surface area contributed by atoms with E-state index in [9.17, 15) is 4.39 Å². The molecule has 4 nitrogen and oxygen atoms in total. The van der Waals surface area contributed by atoms with Gasteiger partial charge in [-0.3, -0.25) is 4.90 Å². The molecule has 0 aromatic heterocycles. The Labute approximate surface area is 166 Å². The third-order valence-electron chi connectivity index (χ3n) is 5.79. The molecule has 4 rings (SSSR count). The quantitative estimate of drug-likeness (QED) is 0.754. The van der Waals surface area contributed by atoms with Crippen LogP contribution in [0.15, 0.2) is 42.5 Å². The highest BCUT2D eigenvalue weighted by atomic mass is 19.1. The van der Waals surface area contributed by atoms with Crippen LogP contribution < -0.4 is 14.2 Å². The Hall–Kier alpha value is -2.27. The number of likely N-dealkylation sites (tertiary alicyclic amines) is 1. The number of piperidine rings is 1. The van der Waals surface area contributed by atoms with Crippen LogP contribution in [0, 0.1) is 11.7 Å². The highest BCUT2D eigenvalue weighted by molar-refractivity contribution is 5.46. The van der Waals surface area contributed by atoms with E-state index in [4.69, 9.17) is 14.2 Å². The SMILES string of the molecule is CC(C)(C)N1CC[C@@H](c2ccc(F)cc2)[C@H](COc2ccc3c(c2)OCO3)C1. The summed E-state index contributed by atoms with van der Waals surface area (Å²) < 4.78 is 30.4. The van der Waals surface area contributed by atoms with Crippen molar-refractivity contribution in [2.45, 2.75) is 38.6 Å². The molecule has 2 aliphatic heterocycles. The van der Waals surface area contributed by atoms with Gasteiger partial charge in [-0.05, 0) is 69.5 Å². The van der Waals surface area contributed by atoms with E-state index in [1.165, 1.54) is 5.56 Å². The second kappa shape index (κ2) is 7.63. The summed E-state index contributed by atoms with van der Waals surface area (Å²) in [5, 5.41) is 0. The molecule has 2 atom stereocenters. The first kappa shape index (κ1) is 19.1. The van der Waals surface area contributed by atoms with Gasteiger partial charge in [-0.25, -0.2) is 4.39 Å². The average molecular weight is 385 g/mol. The first-order valence-electron chi connectivity index (χ1n) is 9.93. The van der Waals surface area contributed by atoms with Crippen molar-refractivity contribution in [3.63, 3.8) is 0 Å². The Kier molecular flexibility index (Phi) is 5.19. The molecule has 2 aromatic carbocycles. The van der Waals surface area contributed by atoms with Crippen molar-refractivity contribution in [2.75, 3.05) is 26.5 Å². The van der Waals surface area contributed by atoms with Gasteiger partial charge in [-0.2, -0.15) is 0 Å². The molecule has 28 heavy (non-hydrogen) atoms. The Morgan fingerprint density at radius 1 is 1.07 bits per heavy atom. The normalized spacial score (nSPS) is 22.3. The number of rotatable bonds is 4. The first-order chi connectivity index (χ1) is 13.4. The van der Waals surface area contributed by atoms with E-state index < -0.39 is 0 Å². The molecule has 0 N–H and O–H groups in total. The molecule has 1 fully saturated rings. The number of hydrogen-bond acceptors (Lipinski definition) is 4. The molecule has 2 aliphatic rings. The summed E-state index contributed by atoms with van der Waals surface area (Å²) in [5.74, 6) is 2.76. The van der Waals surface area contributed by atoms with E-state index in [1.807, 2.05) is 30.3 Å². The average Bonchev–Trinajstić information content (AvgIpc) is 3.14. The fourth-order valence-electron chi connectivity index (χ4n) is 4.13. The maximum Gasteiger partial charge on any atom is 0.231 e. The van der Waals surface area contributed by atoms with Crippen LogP contribution in [-0.4, -0.2) is 36.9 Å². The molecule has 2 heterocycles. The number of hydrogen-bond donors (Lipinski definition) is 0. The minimum Gasteiger partial charge on any atom is -0.493 e. The van der Waals surface area contributed by atoms with Gasteiger partial charge in [-0.15, -0.1) is 0 Å². The molecule has 2 aromatic rings. The standard InChI is InChI=1S/C23H28FNO3/c1-23(2,3)25-11-10-20(16-4-6-18(24)7-5-16)17(13-25)14-26-19-8-9-21-22(12-19)28-15-27-21/h4-9,12,17,20H,10-11,13-15H2,1-3H3/t17-,20-/m0/s1. The lowest BCUT2D eigenvalue weighted by molar-refractivity contribution is 0.0479. The summed E-state index contributed by atoms with van der Waals surface area (Å²) in [4.78, 5) is 2.51. The smallest absolute Gasteiger partial charge is 0.231 e. The van der Waals surface area contributed by atoms with Crippen LogP contribution in [0.5, 0.6) is 17.2 Å². The number of nitrogens with zero attached hydrogens (tertiary/aromatic N) is 1. The van der Waals surface area contributed by atoms with Gasteiger partial charge in [0.05, 0.1) is 6.61 Å². The van der Waals surface area contributed by atoms with Crippen LogP contribution in [0.3, 0.4) is 0 Å². The van der Waals surface area contributed by atoms with Gasteiger partial charge < -0.3 is 14.2 Å². The van der Waals surface area contributed by atoms with E-state index >= 15 is 0 Å². The largest absolute Gasteiger partial charge is 0.493 e. The third-order valence-corrected chi connectivity index (χ3v) is 5.79. The fraction of sp³-hybridized carbons (Fsp3) is 0.478. The minimum atomic E-state index is -0.191. The van der Waals surface area contributed by atoms with Gasteiger partial charge >= 0.3 is 0 Å². The van der Waals surface area contributed by atoms with Crippen molar-refractivity contribution in [1.82, 2.24) is 4.90 Å². The zero-order valence-corrected chi connectivity index (χ0v) is 16.8. The van der Waals surface area contributed by atoms with Crippen molar-refractivity contribution in [2.24, 2.45) is 5.92 Å². The van der Waals surface area contributed by atoms with Crippen LogP contribution in [-0.2, 0) is 0 Å². The Balaban J connectivity index is 1.51. The van der Waals surface area contributed by atoms with E-state index in [-0.39, 0.29) is 18.1 Å².